The van der Waals surface area contributed by atoms with E-state index < -0.39 is 0 Å². The number of fused-ring (bicyclic) bond motifs is 1. The summed E-state index contributed by atoms with van der Waals surface area (Å²) in [5.41, 5.74) is 8.78. The summed E-state index contributed by atoms with van der Waals surface area (Å²) in [7, 11) is 0. The fraction of sp³-hybridized carbons (Fsp3) is 0.263. The van der Waals surface area contributed by atoms with Crippen LogP contribution in [0.3, 0.4) is 0 Å². The van der Waals surface area contributed by atoms with E-state index in [1.165, 1.54) is 5.39 Å². The highest BCUT2D eigenvalue weighted by Gasteiger charge is 2.15. The molecule has 0 aliphatic rings. The lowest BCUT2D eigenvalue weighted by molar-refractivity contribution is -0.122. The molecule has 0 bridgehead atoms. The van der Waals surface area contributed by atoms with Crippen LogP contribution in [0.1, 0.15) is 23.0 Å². The Morgan fingerprint density at radius 3 is 2.58 bits per heavy atom. The van der Waals surface area contributed by atoms with E-state index in [4.69, 9.17) is 5.73 Å². The van der Waals surface area contributed by atoms with Crippen molar-refractivity contribution in [3.63, 3.8) is 0 Å². The molecule has 0 radical (unpaired) electrons. The lowest BCUT2D eigenvalue weighted by Crippen LogP contribution is -2.35. The van der Waals surface area contributed by atoms with Crippen molar-refractivity contribution >= 4 is 16.7 Å². The standard InChI is InChI=1S/C19H22N4O/c1-13-9-14(2)23(22-13)12-19(24)21-18(11-20)17-8-7-15-5-3-4-6-16(15)10-17/h3-10,18H,11-12,20H2,1-2H3,(H,21,24). The number of aromatic nitrogens is 2. The quantitative estimate of drug-likeness (QED) is 0.758. The normalized spacial score (nSPS) is 12.3. The Balaban J connectivity index is 1.75. The smallest absolute Gasteiger partial charge is 0.242 e. The topological polar surface area (TPSA) is 72.9 Å². The number of benzene rings is 2. The maximum atomic E-state index is 12.4. The summed E-state index contributed by atoms with van der Waals surface area (Å²) >= 11 is 0. The molecule has 3 N–H and O–H groups in total. The predicted molar refractivity (Wildman–Crippen MR) is 95.6 cm³/mol. The molecule has 24 heavy (non-hydrogen) atoms. The van der Waals surface area contributed by atoms with Crippen LogP contribution in [0.4, 0.5) is 0 Å². The molecule has 0 aliphatic carbocycles. The van der Waals surface area contributed by atoms with E-state index in [9.17, 15) is 4.79 Å². The Labute approximate surface area is 141 Å². The molecule has 1 aromatic heterocycles. The van der Waals surface area contributed by atoms with E-state index in [1.54, 1.807) is 4.68 Å². The zero-order valence-electron chi connectivity index (χ0n) is 14.0. The Hall–Kier alpha value is -2.66. The van der Waals surface area contributed by atoms with Gasteiger partial charge in [-0.2, -0.15) is 5.10 Å². The molecular formula is C19H22N4O. The van der Waals surface area contributed by atoms with Crippen LogP contribution in [-0.4, -0.2) is 22.2 Å². The summed E-state index contributed by atoms with van der Waals surface area (Å²) in [5, 5.41) is 9.64. The number of amides is 1. The molecular weight excluding hydrogens is 300 g/mol. The maximum Gasteiger partial charge on any atom is 0.242 e. The Bertz CT molecular complexity index is 869. The highest BCUT2D eigenvalue weighted by molar-refractivity contribution is 5.83. The average Bonchev–Trinajstić information content (AvgIpc) is 2.89. The molecule has 1 unspecified atom stereocenters. The maximum absolute atomic E-state index is 12.4. The third-order valence-corrected chi connectivity index (χ3v) is 4.14. The van der Waals surface area contributed by atoms with Crippen LogP contribution < -0.4 is 11.1 Å². The number of nitrogens with one attached hydrogen (secondary N) is 1. The SMILES string of the molecule is Cc1cc(C)n(CC(=O)NC(CN)c2ccc3ccccc3c2)n1. The molecule has 1 atom stereocenters. The number of nitrogens with two attached hydrogens (primary N) is 1. The van der Waals surface area contributed by atoms with Crippen LogP contribution >= 0.6 is 0 Å². The number of rotatable bonds is 5. The average molecular weight is 322 g/mol. The molecule has 0 saturated carbocycles. The van der Waals surface area contributed by atoms with Crippen LogP contribution in [0.2, 0.25) is 0 Å². The summed E-state index contributed by atoms with van der Waals surface area (Å²) in [6, 6.07) is 16.0. The molecule has 0 spiro atoms. The number of carbonyl (C=O) groups is 1. The van der Waals surface area contributed by atoms with Crippen molar-refractivity contribution in [1.29, 1.82) is 0 Å². The second kappa shape index (κ2) is 6.84. The minimum absolute atomic E-state index is 0.0928. The fourth-order valence-corrected chi connectivity index (χ4v) is 2.91. The van der Waals surface area contributed by atoms with Gasteiger partial charge in [0.1, 0.15) is 6.54 Å². The second-order valence-corrected chi connectivity index (χ2v) is 6.05. The Morgan fingerprint density at radius 1 is 1.17 bits per heavy atom. The van der Waals surface area contributed by atoms with E-state index in [0.29, 0.717) is 6.54 Å². The molecule has 0 fully saturated rings. The van der Waals surface area contributed by atoms with Gasteiger partial charge < -0.3 is 11.1 Å². The molecule has 2 aromatic carbocycles. The largest absolute Gasteiger partial charge is 0.346 e. The van der Waals surface area contributed by atoms with Crippen molar-refractivity contribution in [3.8, 4) is 0 Å². The number of carbonyl (C=O) groups excluding carboxylic acids is 1. The summed E-state index contributed by atoms with van der Waals surface area (Å²) in [6.07, 6.45) is 0. The van der Waals surface area contributed by atoms with Gasteiger partial charge >= 0.3 is 0 Å². The van der Waals surface area contributed by atoms with Gasteiger partial charge in [-0.1, -0.05) is 36.4 Å². The highest BCUT2D eigenvalue weighted by Crippen LogP contribution is 2.20. The molecule has 1 heterocycles. The van der Waals surface area contributed by atoms with Crippen molar-refractivity contribution < 1.29 is 4.79 Å². The number of aryl methyl sites for hydroxylation is 2. The van der Waals surface area contributed by atoms with Gasteiger partial charge in [-0.3, -0.25) is 9.48 Å². The second-order valence-electron chi connectivity index (χ2n) is 6.05. The lowest BCUT2D eigenvalue weighted by Gasteiger charge is -2.18. The zero-order valence-corrected chi connectivity index (χ0v) is 14.0. The van der Waals surface area contributed by atoms with Gasteiger partial charge in [0.15, 0.2) is 0 Å². The fourth-order valence-electron chi connectivity index (χ4n) is 2.91. The Morgan fingerprint density at radius 2 is 1.92 bits per heavy atom. The first-order chi connectivity index (χ1) is 11.6. The highest BCUT2D eigenvalue weighted by atomic mass is 16.2. The van der Waals surface area contributed by atoms with Gasteiger partial charge in [0, 0.05) is 12.2 Å². The first-order valence-electron chi connectivity index (χ1n) is 8.06. The van der Waals surface area contributed by atoms with Gasteiger partial charge in [0.2, 0.25) is 5.91 Å². The summed E-state index contributed by atoms with van der Waals surface area (Å²) in [4.78, 5) is 12.4. The first-order valence-corrected chi connectivity index (χ1v) is 8.06. The van der Waals surface area contributed by atoms with Gasteiger partial charge in [-0.25, -0.2) is 0 Å². The van der Waals surface area contributed by atoms with E-state index in [1.807, 2.05) is 38.1 Å². The van der Waals surface area contributed by atoms with Gasteiger partial charge in [0.05, 0.1) is 11.7 Å². The van der Waals surface area contributed by atoms with Crippen molar-refractivity contribution in [2.75, 3.05) is 6.54 Å². The van der Waals surface area contributed by atoms with E-state index >= 15 is 0 Å². The molecule has 5 nitrogen and oxygen atoms in total. The van der Waals surface area contributed by atoms with Crippen LogP contribution in [-0.2, 0) is 11.3 Å². The van der Waals surface area contributed by atoms with E-state index in [2.05, 4.69) is 34.7 Å². The molecule has 0 saturated heterocycles. The van der Waals surface area contributed by atoms with Crippen LogP contribution in [0.25, 0.3) is 10.8 Å². The number of hydrogen-bond donors (Lipinski definition) is 2. The van der Waals surface area contributed by atoms with Crippen molar-refractivity contribution in [2.24, 2.45) is 5.73 Å². The van der Waals surface area contributed by atoms with Gasteiger partial charge in [-0.05, 0) is 42.3 Å². The summed E-state index contributed by atoms with van der Waals surface area (Å²) in [6.45, 7) is 4.40. The van der Waals surface area contributed by atoms with E-state index in [-0.39, 0.29) is 18.5 Å². The van der Waals surface area contributed by atoms with Gasteiger partial charge in [-0.15, -0.1) is 0 Å². The van der Waals surface area contributed by atoms with Crippen LogP contribution in [0.5, 0.6) is 0 Å². The van der Waals surface area contributed by atoms with Crippen molar-refractivity contribution in [1.82, 2.24) is 15.1 Å². The summed E-state index contributed by atoms with van der Waals surface area (Å²) < 4.78 is 1.71. The van der Waals surface area contributed by atoms with E-state index in [0.717, 1.165) is 22.3 Å². The number of hydrogen-bond acceptors (Lipinski definition) is 3. The number of nitrogens with zero attached hydrogens (tertiary/aromatic N) is 2. The summed E-state index contributed by atoms with van der Waals surface area (Å²) in [5.74, 6) is -0.0928. The predicted octanol–water partition coefficient (Wildman–Crippen LogP) is 2.47. The van der Waals surface area contributed by atoms with Crippen LogP contribution in [0, 0.1) is 13.8 Å². The molecule has 3 aromatic rings. The third-order valence-electron chi connectivity index (χ3n) is 4.14. The molecule has 124 valence electrons. The Kier molecular flexibility index (Phi) is 4.62. The van der Waals surface area contributed by atoms with Crippen LogP contribution in [0.15, 0.2) is 48.5 Å². The third kappa shape index (κ3) is 3.46. The molecule has 5 heteroatoms. The van der Waals surface area contributed by atoms with Crippen molar-refractivity contribution in [3.05, 3.63) is 65.5 Å². The molecule has 0 aliphatic heterocycles. The zero-order chi connectivity index (χ0) is 17.1. The van der Waals surface area contributed by atoms with Crippen molar-refractivity contribution in [2.45, 2.75) is 26.4 Å². The minimum Gasteiger partial charge on any atom is -0.346 e. The lowest BCUT2D eigenvalue weighted by atomic mass is 10.0. The first kappa shape index (κ1) is 16.2. The molecule has 1 amide bonds. The molecule has 3 rings (SSSR count). The minimum atomic E-state index is -0.209. The van der Waals surface area contributed by atoms with Gasteiger partial charge in [0.25, 0.3) is 0 Å². The monoisotopic (exact) mass is 322 g/mol.